The van der Waals surface area contributed by atoms with Crippen molar-refractivity contribution in [3.63, 3.8) is 0 Å². The molecule has 3 aromatic rings. The van der Waals surface area contributed by atoms with Crippen LogP contribution in [0.15, 0.2) is 77.7 Å². The smallest absolute Gasteiger partial charge is 0.336 e. The Bertz CT molecular complexity index is 964. The molecule has 6 heteroatoms. The number of carboxylic acid groups (broad SMARTS) is 1. The first-order chi connectivity index (χ1) is 14.6. The third-order valence-corrected chi connectivity index (χ3v) is 5.85. The molecule has 0 amide bonds. The second kappa shape index (κ2) is 12.5. The Labute approximate surface area is 194 Å². The van der Waals surface area contributed by atoms with Gasteiger partial charge in [0.25, 0.3) is 0 Å². The van der Waals surface area contributed by atoms with Gasteiger partial charge >= 0.3 is 5.97 Å². The van der Waals surface area contributed by atoms with Crippen molar-refractivity contribution >= 4 is 30.1 Å². The van der Waals surface area contributed by atoms with Gasteiger partial charge in [-0.05, 0) is 53.1 Å². The molecule has 0 unspecified atom stereocenters. The van der Waals surface area contributed by atoms with Crippen molar-refractivity contribution in [2.75, 3.05) is 18.8 Å². The van der Waals surface area contributed by atoms with E-state index in [1.807, 2.05) is 49.4 Å². The van der Waals surface area contributed by atoms with E-state index in [1.165, 1.54) is 5.56 Å². The summed E-state index contributed by atoms with van der Waals surface area (Å²) in [5.41, 5.74) is 4.58. The molecule has 3 N–H and O–H groups in total. The number of aliphatic hydroxyl groups is 1. The number of hydrogen-bond donors (Lipinski definition) is 3. The lowest BCUT2D eigenvalue weighted by atomic mass is 10.0. The van der Waals surface area contributed by atoms with Crippen LogP contribution >= 0.6 is 24.2 Å². The normalized spacial score (nSPS) is 11.5. The lowest BCUT2D eigenvalue weighted by molar-refractivity contribution is 0.0693. The van der Waals surface area contributed by atoms with Gasteiger partial charge < -0.3 is 15.5 Å². The highest BCUT2D eigenvalue weighted by molar-refractivity contribution is 7.99. The second-order valence-corrected chi connectivity index (χ2v) is 8.33. The second-order valence-electron chi connectivity index (χ2n) is 7.03. The average Bonchev–Trinajstić information content (AvgIpc) is 2.77. The number of carbonyl (C=O) groups is 1. The molecule has 0 aromatic heterocycles. The average molecular weight is 458 g/mol. The van der Waals surface area contributed by atoms with Crippen molar-refractivity contribution in [2.45, 2.75) is 24.3 Å². The molecule has 0 heterocycles. The fourth-order valence-electron chi connectivity index (χ4n) is 3.28. The van der Waals surface area contributed by atoms with E-state index in [-0.39, 0.29) is 12.4 Å². The molecule has 0 aliphatic heterocycles. The van der Waals surface area contributed by atoms with E-state index in [0.29, 0.717) is 12.1 Å². The van der Waals surface area contributed by atoms with E-state index in [4.69, 9.17) is 0 Å². The summed E-state index contributed by atoms with van der Waals surface area (Å²) in [5, 5.41) is 22.9. The number of carboxylic acids is 1. The fraction of sp³-hybridized carbons (Fsp3) is 0.240. The van der Waals surface area contributed by atoms with Gasteiger partial charge in [0, 0.05) is 11.4 Å². The van der Waals surface area contributed by atoms with Gasteiger partial charge in [0.05, 0.1) is 11.7 Å². The molecule has 3 aromatic carbocycles. The molecule has 1 atom stereocenters. The maximum absolute atomic E-state index is 11.4. The number of benzene rings is 3. The molecular weight excluding hydrogens is 430 g/mol. The third-order valence-electron chi connectivity index (χ3n) is 4.91. The third kappa shape index (κ3) is 7.11. The summed E-state index contributed by atoms with van der Waals surface area (Å²) in [5.74, 6) is -0.0630. The van der Waals surface area contributed by atoms with Crippen LogP contribution in [0.5, 0.6) is 0 Å². The van der Waals surface area contributed by atoms with Gasteiger partial charge in [-0.2, -0.15) is 0 Å². The van der Waals surface area contributed by atoms with Crippen molar-refractivity contribution in [2.24, 2.45) is 0 Å². The lowest BCUT2D eigenvalue weighted by Gasteiger charge is -2.12. The highest BCUT2D eigenvalue weighted by atomic mass is 35.5. The Morgan fingerprint density at radius 3 is 2.32 bits per heavy atom. The molecule has 0 aliphatic carbocycles. The van der Waals surface area contributed by atoms with Crippen LogP contribution in [0.1, 0.15) is 34.5 Å². The van der Waals surface area contributed by atoms with E-state index in [2.05, 4.69) is 29.6 Å². The number of hydrogen-bond acceptors (Lipinski definition) is 4. The zero-order valence-electron chi connectivity index (χ0n) is 17.5. The van der Waals surface area contributed by atoms with Crippen LogP contribution in [0, 0.1) is 0 Å². The van der Waals surface area contributed by atoms with Crippen molar-refractivity contribution < 1.29 is 15.0 Å². The summed E-state index contributed by atoms with van der Waals surface area (Å²) >= 11 is 1.55. The molecule has 3 rings (SSSR count). The lowest BCUT2D eigenvalue weighted by Crippen LogP contribution is -2.23. The van der Waals surface area contributed by atoms with Crippen molar-refractivity contribution in [3.8, 4) is 11.1 Å². The summed E-state index contributed by atoms with van der Waals surface area (Å²) in [6.45, 7) is 3.33. The predicted octanol–water partition coefficient (Wildman–Crippen LogP) is 5.45. The first kappa shape index (κ1) is 25.0. The van der Waals surface area contributed by atoms with Crippen LogP contribution in [0.2, 0.25) is 0 Å². The number of rotatable bonds is 10. The molecule has 0 fully saturated rings. The van der Waals surface area contributed by atoms with Gasteiger partial charge in [0.15, 0.2) is 0 Å². The summed E-state index contributed by atoms with van der Waals surface area (Å²) < 4.78 is 0. The summed E-state index contributed by atoms with van der Waals surface area (Å²) in [6, 6.07) is 23.5. The maximum Gasteiger partial charge on any atom is 0.336 e. The Kier molecular flexibility index (Phi) is 10.1. The van der Waals surface area contributed by atoms with Crippen LogP contribution in [0.3, 0.4) is 0 Å². The first-order valence-corrected chi connectivity index (χ1v) is 11.1. The molecule has 164 valence electrons. The Morgan fingerprint density at radius 2 is 1.68 bits per heavy atom. The minimum absolute atomic E-state index is 0. The minimum Gasteiger partial charge on any atom is -0.478 e. The molecule has 31 heavy (non-hydrogen) atoms. The molecule has 0 saturated carbocycles. The van der Waals surface area contributed by atoms with E-state index in [0.717, 1.165) is 40.3 Å². The van der Waals surface area contributed by atoms with E-state index in [1.54, 1.807) is 17.8 Å². The van der Waals surface area contributed by atoms with Crippen molar-refractivity contribution in [1.82, 2.24) is 5.32 Å². The SMILES string of the molecule is CCSc1cc(-c2ccc(CCNC[C@@H](O)c3ccccc3)cc2)ccc1C(=O)O.Cl. The van der Waals surface area contributed by atoms with Crippen LogP contribution in [0.4, 0.5) is 0 Å². The Balaban J connectivity index is 0.00000341. The van der Waals surface area contributed by atoms with E-state index >= 15 is 0 Å². The molecule has 4 nitrogen and oxygen atoms in total. The highest BCUT2D eigenvalue weighted by Crippen LogP contribution is 2.29. The fourth-order valence-corrected chi connectivity index (χ4v) is 4.11. The predicted molar refractivity (Wildman–Crippen MR) is 130 cm³/mol. The zero-order valence-corrected chi connectivity index (χ0v) is 19.1. The van der Waals surface area contributed by atoms with Gasteiger partial charge in [-0.15, -0.1) is 24.2 Å². The number of halogens is 1. The summed E-state index contributed by atoms with van der Waals surface area (Å²) in [4.78, 5) is 12.2. The number of thioether (sulfide) groups is 1. The maximum atomic E-state index is 11.4. The minimum atomic E-state index is -0.891. The molecule has 0 aliphatic rings. The van der Waals surface area contributed by atoms with Crippen molar-refractivity contribution in [1.29, 1.82) is 0 Å². The summed E-state index contributed by atoms with van der Waals surface area (Å²) in [7, 11) is 0. The van der Waals surface area contributed by atoms with Crippen LogP contribution in [-0.2, 0) is 6.42 Å². The first-order valence-electron chi connectivity index (χ1n) is 10.1. The van der Waals surface area contributed by atoms with Gasteiger partial charge in [-0.3, -0.25) is 0 Å². The standard InChI is InChI=1S/C25H27NO3S.ClH/c1-2-30-24-16-21(12-13-22(24)25(28)29)19-10-8-18(9-11-19)14-15-26-17-23(27)20-6-4-3-5-7-20;/h3-13,16,23,26-27H,2,14-15,17H2,1H3,(H,28,29);1H/t23-;/m1./s1. The Hall–Kier alpha value is -2.31. The van der Waals surface area contributed by atoms with Crippen LogP contribution < -0.4 is 5.32 Å². The topological polar surface area (TPSA) is 69.6 Å². The van der Waals surface area contributed by atoms with E-state index in [9.17, 15) is 15.0 Å². The van der Waals surface area contributed by atoms with Gasteiger partial charge in [0.2, 0.25) is 0 Å². The van der Waals surface area contributed by atoms with Crippen LogP contribution in [0.25, 0.3) is 11.1 Å². The highest BCUT2D eigenvalue weighted by Gasteiger charge is 2.11. The Morgan fingerprint density at radius 1 is 1.00 bits per heavy atom. The molecule has 0 spiro atoms. The number of aromatic carboxylic acids is 1. The monoisotopic (exact) mass is 457 g/mol. The number of nitrogens with one attached hydrogen (secondary N) is 1. The zero-order chi connectivity index (χ0) is 21.3. The quantitative estimate of drug-likeness (QED) is 0.279. The van der Waals surface area contributed by atoms with Crippen LogP contribution in [-0.4, -0.2) is 35.0 Å². The summed E-state index contributed by atoms with van der Waals surface area (Å²) in [6.07, 6.45) is 0.369. The molecule has 0 radical (unpaired) electrons. The number of aliphatic hydroxyl groups excluding tert-OH is 1. The van der Waals surface area contributed by atoms with E-state index < -0.39 is 12.1 Å². The van der Waals surface area contributed by atoms with Gasteiger partial charge in [-0.1, -0.05) is 67.6 Å². The molecule has 0 saturated heterocycles. The molecular formula is C25H28ClNO3S. The van der Waals surface area contributed by atoms with Crippen molar-refractivity contribution in [3.05, 3.63) is 89.5 Å². The van der Waals surface area contributed by atoms with Gasteiger partial charge in [-0.25, -0.2) is 4.79 Å². The van der Waals surface area contributed by atoms with Gasteiger partial charge in [0.1, 0.15) is 0 Å². The largest absolute Gasteiger partial charge is 0.478 e. The molecule has 0 bridgehead atoms.